The molecule has 0 aliphatic heterocycles. The van der Waals surface area contributed by atoms with Gasteiger partial charge in [-0.3, -0.25) is 0 Å². The minimum Gasteiger partial charge on any atom is -0.335 e. The van der Waals surface area contributed by atoms with Crippen LogP contribution in [0.25, 0.3) is 0 Å². The lowest BCUT2D eigenvalue weighted by Crippen LogP contribution is -2.69. The quantitative estimate of drug-likeness (QED) is 0.727. The molecule has 5 aliphatic carbocycles. The molecule has 0 radical (unpaired) electrons. The van der Waals surface area contributed by atoms with Crippen molar-refractivity contribution in [2.75, 3.05) is 7.05 Å². The van der Waals surface area contributed by atoms with E-state index in [0.29, 0.717) is 11.6 Å². The number of carbonyl (C=O) groups excluding carboxylic acids is 1. The van der Waals surface area contributed by atoms with Crippen molar-refractivity contribution < 1.29 is 4.79 Å². The summed E-state index contributed by atoms with van der Waals surface area (Å²) < 4.78 is 0. The average Bonchev–Trinajstić information content (AvgIpc) is 3.10. The predicted molar refractivity (Wildman–Crippen MR) is 73.9 cm³/mol. The largest absolute Gasteiger partial charge is 0.335 e. The summed E-state index contributed by atoms with van der Waals surface area (Å²) in [5.41, 5.74) is 0.378. The Hall–Kier alpha value is -0.770. The number of amides is 2. The summed E-state index contributed by atoms with van der Waals surface area (Å²) in [6, 6.07) is 0.530. The molecule has 19 heavy (non-hydrogen) atoms. The fourth-order valence-corrected chi connectivity index (χ4v) is 5.39. The molecule has 5 saturated carbocycles. The van der Waals surface area contributed by atoms with Crippen LogP contribution in [0, 0.1) is 11.8 Å². The number of urea groups is 1. The first-order chi connectivity index (χ1) is 9.10. The molecule has 0 heterocycles. The molecular formula is C15H25N3O. The third kappa shape index (κ3) is 2.04. The Kier molecular flexibility index (Phi) is 2.45. The van der Waals surface area contributed by atoms with E-state index in [9.17, 15) is 4.79 Å². The van der Waals surface area contributed by atoms with Gasteiger partial charge in [0.05, 0.1) is 0 Å². The van der Waals surface area contributed by atoms with E-state index in [-0.39, 0.29) is 11.6 Å². The molecule has 2 atom stereocenters. The Morgan fingerprint density at radius 2 is 1.68 bits per heavy atom. The lowest BCUT2D eigenvalue weighted by molar-refractivity contribution is -0.0435. The van der Waals surface area contributed by atoms with Crippen LogP contribution in [-0.4, -0.2) is 30.2 Å². The molecular weight excluding hydrogens is 238 g/mol. The van der Waals surface area contributed by atoms with Gasteiger partial charge in [-0.2, -0.15) is 0 Å². The normalized spacial score (nSPS) is 47.2. The van der Waals surface area contributed by atoms with Gasteiger partial charge in [0.2, 0.25) is 0 Å². The first-order valence-corrected chi connectivity index (χ1v) is 7.88. The first-order valence-electron chi connectivity index (χ1n) is 7.88. The third-order valence-electron chi connectivity index (χ3n) is 5.88. The van der Waals surface area contributed by atoms with Crippen LogP contribution in [0.2, 0.25) is 0 Å². The van der Waals surface area contributed by atoms with Gasteiger partial charge in [0, 0.05) is 17.1 Å². The van der Waals surface area contributed by atoms with Gasteiger partial charge in [-0.05, 0) is 70.3 Å². The average molecular weight is 263 g/mol. The minimum atomic E-state index is 0.0755. The van der Waals surface area contributed by atoms with Gasteiger partial charge in [0.25, 0.3) is 0 Å². The fraction of sp³-hybridized carbons (Fsp3) is 0.933. The second-order valence-electron chi connectivity index (χ2n) is 7.64. The molecule has 0 aromatic heterocycles. The summed E-state index contributed by atoms with van der Waals surface area (Å²) in [5, 5.41) is 10.0. The van der Waals surface area contributed by atoms with Crippen LogP contribution in [0.15, 0.2) is 0 Å². The monoisotopic (exact) mass is 263 g/mol. The van der Waals surface area contributed by atoms with E-state index in [4.69, 9.17) is 0 Å². The third-order valence-corrected chi connectivity index (χ3v) is 5.88. The molecule has 0 saturated heterocycles. The van der Waals surface area contributed by atoms with Gasteiger partial charge in [-0.1, -0.05) is 0 Å². The van der Waals surface area contributed by atoms with Crippen LogP contribution >= 0.6 is 0 Å². The van der Waals surface area contributed by atoms with Crippen LogP contribution in [0.4, 0.5) is 4.79 Å². The molecule has 4 bridgehead atoms. The second-order valence-corrected chi connectivity index (χ2v) is 7.64. The van der Waals surface area contributed by atoms with E-state index in [1.165, 1.54) is 32.1 Å². The summed E-state index contributed by atoms with van der Waals surface area (Å²) in [7, 11) is 2.10. The Bertz CT molecular complexity index is 390. The Morgan fingerprint density at radius 3 is 2.26 bits per heavy atom. The van der Waals surface area contributed by atoms with E-state index in [0.717, 1.165) is 31.1 Å². The molecule has 2 amide bonds. The molecule has 2 unspecified atom stereocenters. The van der Waals surface area contributed by atoms with Gasteiger partial charge >= 0.3 is 6.03 Å². The maximum atomic E-state index is 12.1. The van der Waals surface area contributed by atoms with Crippen molar-refractivity contribution in [3.05, 3.63) is 0 Å². The van der Waals surface area contributed by atoms with E-state index < -0.39 is 0 Å². The number of hydrogen-bond donors (Lipinski definition) is 3. The zero-order valence-corrected chi connectivity index (χ0v) is 11.8. The topological polar surface area (TPSA) is 53.2 Å². The Morgan fingerprint density at radius 1 is 1.05 bits per heavy atom. The summed E-state index contributed by atoms with van der Waals surface area (Å²) in [4.78, 5) is 12.1. The van der Waals surface area contributed by atoms with Crippen LogP contribution in [0.5, 0.6) is 0 Å². The van der Waals surface area contributed by atoms with Gasteiger partial charge in [0.15, 0.2) is 0 Å². The van der Waals surface area contributed by atoms with E-state index in [2.05, 4.69) is 23.0 Å². The Balaban J connectivity index is 1.51. The smallest absolute Gasteiger partial charge is 0.315 e. The van der Waals surface area contributed by atoms with Crippen molar-refractivity contribution in [2.24, 2.45) is 11.8 Å². The zero-order valence-electron chi connectivity index (χ0n) is 11.8. The Labute approximate surface area is 115 Å². The molecule has 106 valence electrons. The highest BCUT2D eigenvalue weighted by molar-refractivity contribution is 5.75. The molecule has 4 heteroatoms. The van der Waals surface area contributed by atoms with Crippen LogP contribution in [0.3, 0.4) is 0 Å². The van der Waals surface area contributed by atoms with E-state index in [1.54, 1.807) is 0 Å². The highest BCUT2D eigenvalue weighted by Gasteiger charge is 2.57. The van der Waals surface area contributed by atoms with Crippen LogP contribution in [-0.2, 0) is 0 Å². The van der Waals surface area contributed by atoms with Gasteiger partial charge in [0.1, 0.15) is 0 Å². The molecule has 5 aliphatic rings. The lowest BCUT2D eigenvalue weighted by atomic mass is 9.50. The van der Waals surface area contributed by atoms with E-state index in [1.807, 2.05) is 0 Å². The van der Waals surface area contributed by atoms with Crippen LogP contribution < -0.4 is 16.0 Å². The summed E-state index contributed by atoms with van der Waals surface area (Å²) >= 11 is 0. The molecule has 5 rings (SSSR count). The first kappa shape index (κ1) is 12.0. The standard InChI is InChI=1S/C15H25N3O/c1-16-14-5-10-4-11(6-14)8-15(7-10,9-14)18-13(19)17-12-2-3-12/h10-12,16H,2-9H2,1H3,(H2,17,18,19). The minimum absolute atomic E-state index is 0.0755. The van der Waals surface area contributed by atoms with Gasteiger partial charge in [-0.15, -0.1) is 0 Å². The van der Waals surface area contributed by atoms with Crippen molar-refractivity contribution in [1.82, 2.24) is 16.0 Å². The van der Waals surface area contributed by atoms with Crippen molar-refractivity contribution in [3.63, 3.8) is 0 Å². The van der Waals surface area contributed by atoms with Crippen molar-refractivity contribution in [3.8, 4) is 0 Å². The summed E-state index contributed by atoms with van der Waals surface area (Å²) in [5.74, 6) is 1.63. The highest BCUT2D eigenvalue weighted by atomic mass is 16.2. The molecule has 3 N–H and O–H groups in total. The van der Waals surface area contributed by atoms with Crippen molar-refractivity contribution >= 4 is 6.03 Å². The number of nitrogens with one attached hydrogen (secondary N) is 3. The summed E-state index contributed by atoms with van der Waals surface area (Å²) in [6.45, 7) is 0. The molecule has 4 nitrogen and oxygen atoms in total. The predicted octanol–water partition coefficient (Wildman–Crippen LogP) is 1.76. The van der Waals surface area contributed by atoms with Gasteiger partial charge in [-0.25, -0.2) is 4.79 Å². The molecule has 0 spiro atoms. The van der Waals surface area contributed by atoms with Crippen LogP contribution in [0.1, 0.15) is 51.4 Å². The SMILES string of the molecule is CNC12CC3CC(C1)CC(NC(=O)NC1CC1)(C3)C2. The van der Waals surface area contributed by atoms with Crippen molar-refractivity contribution in [2.45, 2.75) is 68.5 Å². The van der Waals surface area contributed by atoms with Crippen molar-refractivity contribution in [1.29, 1.82) is 0 Å². The number of carbonyl (C=O) groups is 1. The van der Waals surface area contributed by atoms with E-state index >= 15 is 0 Å². The fourth-order valence-electron chi connectivity index (χ4n) is 5.39. The maximum absolute atomic E-state index is 12.1. The zero-order chi connectivity index (χ0) is 13.1. The molecule has 5 fully saturated rings. The lowest BCUT2D eigenvalue weighted by Gasteiger charge is -2.62. The second kappa shape index (κ2) is 3.87. The number of hydrogen-bond acceptors (Lipinski definition) is 2. The number of rotatable bonds is 3. The molecule has 0 aromatic carbocycles. The summed E-state index contributed by atoms with van der Waals surface area (Å²) in [6.07, 6.45) is 9.86. The highest BCUT2D eigenvalue weighted by Crippen LogP contribution is 2.57. The van der Waals surface area contributed by atoms with Gasteiger partial charge < -0.3 is 16.0 Å². The maximum Gasteiger partial charge on any atom is 0.315 e. The molecule has 0 aromatic rings.